The Morgan fingerprint density at radius 3 is 2.62 bits per heavy atom. The number of rotatable bonds is 6. The summed E-state index contributed by atoms with van der Waals surface area (Å²) in [7, 11) is 0. The van der Waals surface area contributed by atoms with Gasteiger partial charge in [-0.1, -0.05) is 17.7 Å². The van der Waals surface area contributed by atoms with Crippen LogP contribution in [0.25, 0.3) is 0 Å². The van der Waals surface area contributed by atoms with Crippen LogP contribution < -0.4 is 4.90 Å². The summed E-state index contributed by atoms with van der Waals surface area (Å²) in [6.07, 6.45) is -2.25. The number of nitrogens with zero attached hydrogens (tertiary/aromatic N) is 3. The van der Waals surface area contributed by atoms with Crippen molar-refractivity contribution >= 4 is 11.9 Å². The zero-order valence-corrected chi connectivity index (χ0v) is 19.6. The molecular formula is C25H30F3N3O3. The van der Waals surface area contributed by atoms with Gasteiger partial charge in [0, 0.05) is 37.6 Å². The number of pyridine rings is 1. The lowest BCUT2D eigenvalue weighted by Gasteiger charge is -2.36. The molecule has 34 heavy (non-hydrogen) atoms. The minimum atomic E-state index is -4.47. The van der Waals surface area contributed by atoms with E-state index in [9.17, 15) is 18.0 Å². The van der Waals surface area contributed by atoms with E-state index < -0.39 is 30.0 Å². The summed E-state index contributed by atoms with van der Waals surface area (Å²) in [5.41, 5.74) is 0.949. The molecule has 0 N–H and O–H groups in total. The van der Waals surface area contributed by atoms with E-state index in [2.05, 4.69) is 16.8 Å². The SMILES string of the molecule is CCN(c1ncccc1CN1C(=O)O[C@H](c2cc(C)cc(C(F)(F)F)c2)[C@@H]1C)C1CCOCC1. The number of carbonyl (C=O) groups excluding carboxylic acids is 1. The first-order chi connectivity index (χ1) is 16.2. The Kier molecular flexibility index (Phi) is 7.02. The van der Waals surface area contributed by atoms with Crippen LogP contribution in [0.15, 0.2) is 36.5 Å². The van der Waals surface area contributed by atoms with E-state index in [1.165, 1.54) is 0 Å². The molecule has 0 saturated carbocycles. The fraction of sp³-hybridized carbons (Fsp3) is 0.520. The molecule has 1 amide bonds. The first-order valence-corrected chi connectivity index (χ1v) is 11.6. The third-order valence-electron chi connectivity index (χ3n) is 6.60. The van der Waals surface area contributed by atoms with Crippen LogP contribution in [-0.4, -0.2) is 47.8 Å². The second-order valence-electron chi connectivity index (χ2n) is 8.92. The number of hydrogen-bond acceptors (Lipinski definition) is 5. The van der Waals surface area contributed by atoms with Crippen LogP contribution in [-0.2, 0) is 22.2 Å². The van der Waals surface area contributed by atoms with Gasteiger partial charge in [0.1, 0.15) is 11.9 Å². The normalized spacial score (nSPS) is 21.6. The number of amides is 1. The number of anilines is 1. The van der Waals surface area contributed by atoms with E-state index in [0.29, 0.717) is 30.4 Å². The number of benzene rings is 1. The highest BCUT2D eigenvalue weighted by molar-refractivity contribution is 5.71. The monoisotopic (exact) mass is 477 g/mol. The number of alkyl halides is 3. The summed E-state index contributed by atoms with van der Waals surface area (Å²) >= 11 is 0. The summed E-state index contributed by atoms with van der Waals surface area (Å²) < 4.78 is 51.1. The van der Waals surface area contributed by atoms with Crippen molar-refractivity contribution in [2.45, 2.75) is 64.5 Å². The molecule has 1 aromatic heterocycles. The Morgan fingerprint density at radius 2 is 1.94 bits per heavy atom. The van der Waals surface area contributed by atoms with Gasteiger partial charge < -0.3 is 14.4 Å². The first-order valence-electron chi connectivity index (χ1n) is 11.6. The molecule has 2 aromatic rings. The number of aromatic nitrogens is 1. The molecule has 1 aromatic carbocycles. The quantitative estimate of drug-likeness (QED) is 0.550. The lowest BCUT2D eigenvalue weighted by molar-refractivity contribution is -0.137. The van der Waals surface area contributed by atoms with Gasteiger partial charge in [-0.3, -0.25) is 4.90 Å². The Labute approximate surface area is 197 Å². The molecule has 0 bridgehead atoms. The van der Waals surface area contributed by atoms with Gasteiger partial charge in [-0.05, 0) is 57.4 Å². The Hall–Kier alpha value is -2.81. The summed E-state index contributed by atoms with van der Waals surface area (Å²) in [6, 6.07) is 7.44. The van der Waals surface area contributed by atoms with E-state index in [4.69, 9.17) is 9.47 Å². The summed E-state index contributed by atoms with van der Waals surface area (Å²) in [5.74, 6) is 0.815. The highest BCUT2D eigenvalue weighted by Crippen LogP contribution is 2.38. The molecule has 4 rings (SSSR count). The van der Waals surface area contributed by atoms with Crippen molar-refractivity contribution in [1.29, 1.82) is 0 Å². The van der Waals surface area contributed by atoms with Crippen LogP contribution in [0.3, 0.4) is 0 Å². The van der Waals surface area contributed by atoms with Gasteiger partial charge in [-0.15, -0.1) is 0 Å². The van der Waals surface area contributed by atoms with Crippen molar-refractivity contribution in [2.24, 2.45) is 0 Å². The fourth-order valence-electron chi connectivity index (χ4n) is 4.87. The topological polar surface area (TPSA) is 54.9 Å². The smallest absolute Gasteiger partial charge is 0.416 e. The first kappa shape index (κ1) is 24.3. The molecule has 2 atom stereocenters. The zero-order chi connectivity index (χ0) is 24.5. The van der Waals surface area contributed by atoms with Gasteiger partial charge >= 0.3 is 12.3 Å². The molecule has 2 fully saturated rings. The maximum Gasteiger partial charge on any atom is 0.416 e. The van der Waals surface area contributed by atoms with E-state index in [-0.39, 0.29) is 6.54 Å². The van der Waals surface area contributed by atoms with Crippen molar-refractivity contribution in [3.8, 4) is 0 Å². The van der Waals surface area contributed by atoms with Crippen LogP contribution in [0.1, 0.15) is 55.0 Å². The van der Waals surface area contributed by atoms with E-state index in [0.717, 1.165) is 42.9 Å². The Bertz CT molecular complexity index is 1020. The van der Waals surface area contributed by atoms with Gasteiger partial charge in [0.2, 0.25) is 0 Å². The molecular weight excluding hydrogens is 447 g/mol. The maximum atomic E-state index is 13.3. The zero-order valence-electron chi connectivity index (χ0n) is 19.6. The Morgan fingerprint density at radius 1 is 1.21 bits per heavy atom. The summed E-state index contributed by atoms with van der Waals surface area (Å²) in [5, 5.41) is 0. The minimum Gasteiger partial charge on any atom is -0.439 e. The number of aryl methyl sites for hydroxylation is 1. The number of ether oxygens (including phenoxy) is 2. The predicted molar refractivity (Wildman–Crippen MR) is 122 cm³/mol. The molecule has 6 nitrogen and oxygen atoms in total. The molecule has 0 spiro atoms. The van der Waals surface area contributed by atoms with Crippen molar-refractivity contribution < 1.29 is 27.4 Å². The molecule has 0 unspecified atom stereocenters. The highest BCUT2D eigenvalue weighted by Gasteiger charge is 2.41. The lowest BCUT2D eigenvalue weighted by Crippen LogP contribution is -2.41. The second kappa shape index (κ2) is 9.82. The molecule has 0 aliphatic carbocycles. The number of cyclic esters (lactones) is 1. The van der Waals surface area contributed by atoms with Crippen molar-refractivity contribution in [3.63, 3.8) is 0 Å². The largest absolute Gasteiger partial charge is 0.439 e. The van der Waals surface area contributed by atoms with Crippen LogP contribution in [0, 0.1) is 6.92 Å². The standard InChI is InChI=1S/C25H30F3N3O3/c1-4-30(21-7-10-33-11-8-21)23-18(6-5-9-29-23)15-31-17(3)22(34-24(31)32)19-12-16(2)13-20(14-19)25(26,27)28/h5-6,9,12-14,17,21-22H,4,7-8,10-11,15H2,1-3H3/t17-,22-/m0/s1. The number of hydrogen-bond donors (Lipinski definition) is 0. The third kappa shape index (κ3) is 4.99. The van der Waals surface area contributed by atoms with Crippen molar-refractivity contribution in [2.75, 3.05) is 24.7 Å². The van der Waals surface area contributed by atoms with Crippen LogP contribution in [0.5, 0.6) is 0 Å². The minimum absolute atomic E-state index is 0.261. The second-order valence-corrected chi connectivity index (χ2v) is 8.92. The average molecular weight is 478 g/mol. The van der Waals surface area contributed by atoms with Gasteiger partial charge in [-0.25, -0.2) is 9.78 Å². The Balaban J connectivity index is 1.58. The molecule has 9 heteroatoms. The van der Waals surface area contributed by atoms with Gasteiger partial charge in [0.05, 0.1) is 18.2 Å². The molecule has 2 aliphatic rings. The van der Waals surface area contributed by atoms with Crippen LogP contribution >= 0.6 is 0 Å². The predicted octanol–water partition coefficient (Wildman–Crippen LogP) is 5.50. The van der Waals surface area contributed by atoms with Gasteiger partial charge in [0.25, 0.3) is 0 Å². The highest BCUT2D eigenvalue weighted by atomic mass is 19.4. The van der Waals surface area contributed by atoms with Crippen molar-refractivity contribution in [1.82, 2.24) is 9.88 Å². The molecule has 2 saturated heterocycles. The molecule has 2 aliphatic heterocycles. The average Bonchev–Trinajstić information content (AvgIpc) is 3.09. The molecule has 184 valence electrons. The van der Waals surface area contributed by atoms with E-state index >= 15 is 0 Å². The molecule has 3 heterocycles. The van der Waals surface area contributed by atoms with E-state index in [1.807, 2.05) is 12.1 Å². The number of halogens is 3. The van der Waals surface area contributed by atoms with Gasteiger partial charge in [0.15, 0.2) is 0 Å². The maximum absolute atomic E-state index is 13.3. The van der Waals surface area contributed by atoms with E-state index in [1.54, 1.807) is 31.0 Å². The summed E-state index contributed by atoms with van der Waals surface area (Å²) in [6.45, 7) is 7.92. The number of carbonyl (C=O) groups is 1. The van der Waals surface area contributed by atoms with Crippen molar-refractivity contribution in [3.05, 3.63) is 58.8 Å². The van der Waals surface area contributed by atoms with Crippen LogP contribution in [0.4, 0.5) is 23.8 Å². The summed E-state index contributed by atoms with van der Waals surface area (Å²) in [4.78, 5) is 21.3. The fourth-order valence-corrected chi connectivity index (χ4v) is 4.87. The molecule has 0 radical (unpaired) electrons. The lowest BCUT2D eigenvalue weighted by atomic mass is 9.98. The van der Waals surface area contributed by atoms with Gasteiger partial charge in [-0.2, -0.15) is 13.2 Å². The van der Waals surface area contributed by atoms with Crippen LogP contribution in [0.2, 0.25) is 0 Å². The third-order valence-corrected chi connectivity index (χ3v) is 6.60.